The van der Waals surface area contributed by atoms with E-state index in [4.69, 9.17) is 11.6 Å². The number of aliphatic imine (C=N–C) groups is 1. The van der Waals surface area contributed by atoms with Crippen LogP contribution in [0.4, 0.5) is 0 Å². The van der Waals surface area contributed by atoms with E-state index in [1.54, 1.807) is 13.1 Å². The SMILES string of the molecule is CN=C(NCCCS(C)(=O)=O)N1CCN(C(=O)Cc2cccc(Cl)c2)CC1. The molecule has 150 valence electrons. The smallest absolute Gasteiger partial charge is 0.227 e. The first-order chi connectivity index (χ1) is 12.8. The molecule has 9 heteroatoms. The van der Waals surface area contributed by atoms with Gasteiger partial charge in [0.25, 0.3) is 0 Å². The van der Waals surface area contributed by atoms with E-state index in [1.165, 1.54) is 6.26 Å². The molecule has 0 atom stereocenters. The highest BCUT2D eigenvalue weighted by atomic mass is 35.5. The molecule has 27 heavy (non-hydrogen) atoms. The Morgan fingerprint density at radius 3 is 2.48 bits per heavy atom. The van der Waals surface area contributed by atoms with Crippen LogP contribution in [0, 0.1) is 0 Å². The summed E-state index contributed by atoms with van der Waals surface area (Å²) in [4.78, 5) is 20.7. The average Bonchev–Trinajstić information content (AvgIpc) is 2.61. The number of nitrogens with one attached hydrogen (secondary N) is 1. The summed E-state index contributed by atoms with van der Waals surface area (Å²) in [5.74, 6) is 0.987. The Hall–Kier alpha value is -1.80. The lowest BCUT2D eigenvalue weighted by Crippen LogP contribution is -2.54. The van der Waals surface area contributed by atoms with Crippen molar-refractivity contribution in [2.24, 2.45) is 4.99 Å². The van der Waals surface area contributed by atoms with Gasteiger partial charge in [-0.3, -0.25) is 9.79 Å². The highest BCUT2D eigenvalue weighted by Gasteiger charge is 2.23. The van der Waals surface area contributed by atoms with Gasteiger partial charge < -0.3 is 15.1 Å². The summed E-state index contributed by atoms with van der Waals surface area (Å²) in [6.07, 6.45) is 2.12. The number of rotatable bonds is 6. The second-order valence-electron chi connectivity index (χ2n) is 6.63. The Morgan fingerprint density at radius 2 is 1.89 bits per heavy atom. The van der Waals surface area contributed by atoms with Gasteiger partial charge in [-0.25, -0.2) is 8.42 Å². The largest absolute Gasteiger partial charge is 0.356 e. The fourth-order valence-corrected chi connectivity index (χ4v) is 3.85. The van der Waals surface area contributed by atoms with Crippen LogP contribution in [-0.4, -0.2) is 81.9 Å². The molecular formula is C18H27ClN4O3S. The molecule has 1 heterocycles. The summed E-state index contributed by atoms with van der Waals surface area (Å²) in [6.45, 7) is 3.18. The van der Waals surface area contributed by atoms with Gasteiger partial charge >= 0.3 is 0 Å². The number of piperazine rings is 1. The van der Waals surface area contributed by atoms with Gasteiger partial charge in [-0.15, -0.1) is 0 Å². The van der Waals surface area contributed by atoms with Crippen LogP contribution in [0.3, 0.4) is 0 Å². The summed E-state index contributed by atoms with van der Waals surface area (Å²) in [5, 5.41) is 3.83. The molecule has 0 unspecified atom stereocenters. The van der Waals surface area contributed by atoms with Crippen LogP contribution in [-0.2, 0) is 21.1 Å². The van der Waals surface area contributed by atoms with Crippen molar-refractivity contribution in [3.63, 3.8) is 0 Å². The standard InChI is InChI=1S/C18H27ClN4O3S/c1-20-18(21-7-4-12-27(2,25)26)23-10-8-22(9-11-23)17(24)14-15-5-3-6-16(19)13-15/h3,5-6,13H,4,7-12,14H2,1-2H3,(H,20,21). The number of carbonyl (C=O) groups excluding carboxylic acids is 1. The van der Waals surface area contributed by atoms with E-state index in [0.717, 1.165) is 11.5 Å². The third kappa shape index (κ3) is 7.38. The van der Waals surface area contributed by atoms with Gasteiger partial charge in [0.05, 0.1) is 12.2 Å². The second-order valence-corrected chi connectivity index (χ2v) is 9.33. The number of sulfone groups is 1. The van der Waals surface area contributed by atoms with Gasteiger partial charge in [0.15, 0.2) is 5.96 Å². The van der Waals surface area contributed by atoms with Crippen molar-refractivity contribution in [3.05, 3.63) is 34.9 Å². The molecule has 1 aromatic rings. The zero-order chi connectivity index (χ0) is 19.9. The molecule has 0 saturated carbocycles. The van der Waals surface area contributed by atoms with Crippen molar-refractivity contribution >= 4 is 33.3 Å². The first-order valence-corrected chi connectivity index (χ1v) is 11.4. The van der Waals surface area contributed by atoms with E-state index in [2.05, 4.69) is 15.2 Å². The van der Waals surface area contributed by atoms with Gasteiger partial charge in [0.1, 0.15) is 9.84 Å². The Labute approximate surface area is 166 Å². The molecule has 7 nitrogen and oxygen atoms in total. The molecule has 0 radical (unpaired) electrons. The maximum Gasteiger partial charge on any atom is 0.227 e. The van der Waals surface area contributed by atoms with Crippen LogP contribution in [0.2, 0.25) is 5.02 Å². The maximum atomic E-state index is 12.5. The van der Waals surface area contributed by atoms with E-state index in [-0.39, 0.29) is 11.7 Å². The number of halogens is 1. The summed E-state index contributed by atoms with van der Waals surface area (Å²) in [5.41, 5.74) is 0.915. The van der Waals surface area contributed by atoms with E-state index >= 15 is 0 Å². The number of hydrogen-bond acceptors (Lipinski definition) is 4. The number of nitrogens with zero attached hydrogens (tertiary/aromatic N) is 3. The highest BCUT2D eigenvalue weighted by molar-refractivity contribution is 7.90. The molecular weight excluding hydrogens is 388 g/mol. The number of hydrogen-bond donors (Lipinski definition) is 1. The molecule has 1 aliphatic rings. The predicted molar refractivity (Wildman–Crippen MR) is 109 cm³/mol. The van der Waals surface area contributed by atoms with E-state index in [0.29, 0.717) is 50.6 Å². The van der Waals surface area contributed by atoms with Crippen LogP contribution < -0.4 is 5.32 Å². The Kier molecular flexibility index (Phi) is 7.91. The molecule has 0 bridgehead atoms. The van der Waals surface area contributed by atoms with Gasteiger partial charge in [0.2, 0.25) is 5.91 Å². The van der Waals surface area contributed by atoms with Gasteiger partial charge in [-0.1, -0.05) is 23.7 Å². The molecule has 1 fully saturated rings. The fourth-order valence-electron chi connectivity index (χ4n) is 2.97. The third-order valence-corrected chi connectivity index (χ3v) is 5.63. The van der Waals surface area contributed by atoms with Crippen LogP contribution in [0.25, 0.3) is 0 Å². The molecule has 1 aliphatic heterocycles. The molecule has 0 aromatic heterocycles. The zero-order valence-corrected chi connectivity index (χ0v) is 17.4. The van der Waals surface area contributed by atoms with E-state index in [9.17, 15) is 13.2 Å². The minimum atomic E-state index is -2.94. The summed E-state index contributed by atoms with van der Waals surface area (Å²) in [7, 11) is -1.24. The van der Waals surface area contributed by atoms with E-state index in [1.807, 2.05) is 23.1 Å². The highest BCUT2D eigenvalue weighted by Crippen LogP contribution is 2.13. The third-order valence-electron chi connectivity index (χ3n) is 4.36. The first kappa shape index (κ1) is 21.5. The second kappa shape index (κ2) is 9.94. The van der Waals surface area contributed by atoms with Crippen molar-refractivity contribution in [1.82, 2.24) is 15.1 Å². The number of guanidine groups is 1. The number of benzene rings is 1. The molecule has 1 N–H and O–H groups in total. The maximum absolute atomic E-state index is 12.5. The zero-order valence-electron chi connectivity index (χ0n) is 15.8. The quantitative estimate of drug-likeness (QED) is 0.427. The van der Waals surface area contributed by atoms with Gasteiger partial charge in [-0.05, 0) is 24.1 Å². The fraction of sp³-hybridized carbons (Fsp3) is 0.556. The minimum absolute atomic E-state index is 0.0908. The minimum Gasteiger partial charge on any atom is -0.356 e. The first-order valence-electron chi connectivity index (χ1n) is 8.94. The van der Waals surface area contributed by atoms with Gasteiger partial charge in [0, 0.05) is 51.0 Å². The van der Waals surface area contributed by atoms with Crippen LogP contribution in [0.15, 0.2) is 29.3 Å². The predicted octanol–water partition coefficient (Wildman–Crippen LogP) is 1.04. The number of carbonyl (C=O) groups is 1. The lowest BCUT2D eigenvalue weighted by atomic mass is 10.1. The number of amides is 1. The summed E-state index contributed by atoms with van der Waals surface area (Å²) < 4.78 is 22.4. The summed E-state index contributed by atoms with van der Waals surface area (Å²) >= 11 is 5.98. The molecule has 1 aromatic carbocycles. The van der Waals surface area contributed by atoms with Crippen LogP contribution >= 0.6 is 11.6 Å². The lowest BCUT2D eigenvalue weighted by molar-refractivity contribution is -0.131. The normalized spacial score (nSPS) is 15.7. The molecule has 0 aliphatic carbocycles. The lowest BCUT2D eigenvalue weighted by Gasteiger charge is -2.36. The monoisotopic (exact) mass is 414 g/mol. The molecule has 1 amide bonds. The molecule has 1 saturated heterocycles. The van der Waals surface area contributed by atoms with Gasteiger partial charge in [-0.2, -0.15) is 0 Å². The van der Waals surface area contributed by atoms with Crippen LogP contribution in [0.5, 0.6) is 0 Å². The molecule has 2 rings (SSSR count). The summed E-state index contributed by atoms with van der Waals surface area (Å²) in [6, 6.07) is 7.37. The average molecular weight is 415 g/mol. The Morgan fingerprint density at radius 1 is 1.22 bits per heavy atom. The Balaban J connectivity index is 1.78. The van der Waals surface area contributed by atoms with Crippen molar-refractivity contribution in [1.29, 1.82) is 0 Å². The van der Waals surface area contributed by atoms with E-state index < -0.39 is 9.84 Å². The van der Waals surface area contributed by atoms with Crippen molar-refractivity contribution in [2.45, 2.75) is 12.8 Å². The van der Waals surface area contributed by atoms with Crippen molar-refractivity contribution < 1.29 is 13.2 Å². The molecule has 0 spiro atoms. The van der Waals surface area contributed by atoms with Crippen molar-refractivity contribution in [3.8, 4) is 0 Å². The Bertz CT molecular complexity index is 775. The van der Waals surface area contributed by atoms with Crippen LogP contribution in [0.1, 0.15) is 12.0 Å². The topological polar surface area (TPSA) is 82.1 Å². The van der Waals surface area contributed by atoms with Crippen molar-refractivity contribution in [2.75, 3.05) is 51.8 Å².